The number of nitrogens with one attached hydrogen (secondary N) is 1. The number of carboxylic acids is 1. The van der Waals surface area contributed by atoms with Crippen molar-refractivity contribution in [1.29, 1.82) is 0 Å². The van der Waals surface area contributed by atoms with Gasteiger partial charge in [0.1, 0.15) is 4.88 Å². The Balaban J connectivity index is 1.57. The van der Waals surface area contributed by atoms with Crippen LogP contribution in [-0.2, 0) is 4.79 Å². The summed E-state index contributed by atoms with van der Waals surface area (Å²) in [5, 5.41) is 12.9. The zero-order valence-electron chi connectivity index (χ0n) is 15.1. The molecule has 0 atom stereocenters. The molecular formula is C21H20N2O4S. The molecule has 4 rings (SSSR count). The number of thiazole rings is 1. The fourth-order valence-electron chi connectivity index (χ4n) is 3.51. The number of aromatic nitrogens is 1. The van der Waals surface area contributed by atoms with Crippen molar-refractivity contribution in [3.05, 3.63) is 53.6 Å². The van der Waals surface area contributed by atoms with Crippen LogP contribution in [0.5, 0.6) is 0 Å². The van der Waals surface area contributed by atoms with E-state index in [0.717, 1.165) is 5.56 Å². The lowest BCUT2D eigenvalue weighted by molar-refractivity contribution is -0.142. The Morgan fingerprint density at radius 1 is 1.07 bits per heavy atom. The molecular weight excluding hydrogens is 376 g/mol. The number of aliphatic carboxylic acids is 1. The van der Waals surface area contributed by atoms with Gasteiger partial charge in [-0.1, -0.05) is 30.3 Å². The number of amides is 1. The van der Waals surface area contributed by atoms with Gasteiger partial charge in [-0.15, -0.1) is 11.3 Å². The predicted octanol–water partition coefficient (Wildman–Crippen LogP) is 4.44. The largest absolute Gasteiger partial charge is 0.481 e. The van der Waals surface area contributed by atoms with Gasteiger partial charge in [0, 0.05) is 11.6 Å². The molecule has 0 unspecified atom stereocenters. The molecule has 1 fully saturated rings. The summed E-state index contributed by atoms with van der Waals surface area (Å²) in [6, 6.07) is 13.2. The Labute approximate surface area is 166 Å². The second-order valence-corrected chi connectivity index (χ2v) is 7.90. The first-order valence-electron chi connectivity index (χ1n) is 9.25. The number of carbonyl (C=O) groups excluding carboxylic acids is 1. The highest BCUT2D eigenvalue weighted by Gasteiger charge is 2.28. The van der Waals surface area contributed by atoms with Gasteiger partial charge in [-0.05, 0) is 37.8 Å². The number of hydrogen-bond acceptors (Lipinski definition) is 5. The molecule has 7 heteroatoms. The standard InChI is InChI=1S/C21H20N2O4S/c24-19(22-15-10-8-14(9-11-15)21(25)26)18-17(13-5-2-1-3-6-13)23-20(28-18)16-7-4-12-27-16/h1-7,12,14-15H,8-11H2,(H,22,24)(H,25,26). The molecule has 1 aromatic carbocycles. The minimum atomic E-state index is -0.748. The first-order chi connectivity index (χ1) is 13.6. The van der Waals surface area contributed by atoms with Crippen molar-refractivity contribution >= 4 is 23.2 Å². The van der Waals surface area contributed by atoms with Gasteiger partial charge in [-0.25, -0.2) is 4.98 Å². The summed E-state index contributed by atoms with van der Waals surface area (Å²) < 4.78 is 5.45. The monoisotopic (exact) mass is 396 g/mol. The third kappa shape index (κ3) is 3.84. The lowest BCUT2D eigenvalue weighted by atomic mass is 9.86. The van der Waals surface area contributed by atoms with Crippen LogP contribution in [0.1, 0.15) is 35.4 Å². The SMILES string of the molecule is O=C(NC1CCC(C(=O)O)CC1)c1sc(-c2ccco2)nc1-c1ccccc1. The molecule has 0 saturated heterocycles. The average Bonchev–Trinajstić information content (AvgIpc) is 3.39. The van der Waals surface area contributed by atoms with Crippen LogP contribution in [0.15, 0.2) is 53.1 Å². The van der Waals surface area contributed by atoms with Crippen molar-refractivity contribution in [3.63, 3.8) is 0 Å². The van der Waals surface area contributed by atoms with Crippen LogP contribution in [0.4, 0.5) is 0 Å². The number of carboxylic acid groups (broad SMARTS) is 1. The topological polar surface area (TPSA) is 92.4 Å². The molecule has 2 N–H and O–H groups in total. The van der Waals surface area contributed by atoms with Crippen molar-refractivity contribution in [2.75, 3.05) is 0 Å². The summed E-state index contributed by atoms with van der Waals surface area (Å²) in [5.74, 6) is -0.597. The Hall–Kier alpha value is -2.93. The summed E-state index contributed by atoms with van der Waals surface area (Å²) in [6.07, 6.45) is 4.11. The minimum Gasteiger partial charge on any atom is -0.481 e. The fourth-order valence-corrected chi connectivity index (χ4v) is 4.47. The Morgan fingerprint density at radius 3 is 2.46 bits per heavy atom. The van der Waals surface area contributed by atoms with Crippen LogP contribution in [0.3, 0.4) is 0 Å². The van der Waals surface area contributed by atoms with E-state index in [1.807, 2.05) is 36.4 Å². The van der Waals surface area contributed by atoms with Gasteiger partial charge in [0.15, 0.2) is 10.8 Å². The van der Waals surface area contributed by atoms with Gasteiger partial charge in [-0.2, -0.15) is 0 Å². The summed E-state index contributed by atoms with van der Waals surface area (Å²) in [6.45, 7) is 0. The van der Waals surface area contributed by atoms with Crippen LogP contribution in [0, 0.1) is 5.92 Å². The van der Waals surface area contributed by atoms with E-state index in [2.05, 4.69) is 10.3 Å². The van der Waals surface area contributed by atoms with Gasteiger partial charge in [0.2, 0.25) is 0 Å². The smallest absolute Gasteiger partial charge is 0.306 e. The highest BCUT2D eigenvalue weighted by atomic mass is 32.1. The molecule has 1 aliphatic carbocycles. The first kappa shape index (κ1) is 18.4. The molecule has 1 aliphatic rings. The number of rotatable bonds is 5. The maximum atomic E-state index is 13.0. The molecule has 0 bridgehead atoms. The van der Waals surface area contributed by atoms with E-state index < -0.39 is 5.97 Å². The van der Waals surface area contributed by atoms with Crippen molar-refractivity contribution in [2.24, 2.45) is 5.92 Å². The second kappa shape index (κ2) is 7.98. The van der Waals surface area contributed by atoms with E-state index in [9.17, 15) is 9.59 Å². The Kier molecular flexibility index (Phi) is 5.25. The van der Waals surface area contributed by atoms with Gasteiger partial charge >= 0.3 is 5.97 Å². The summed E-state index contributed by atoms with van der Waals surface area (Å²) in [4.78, 5) is 29.3. The Bertz CT molecular complexity index is 958. The molecule has 144 valence electrons. The van der Waals surface area contributed by atoms with E-state index in [4.69, 9.17) is 9.52 Å². The molecule has 2 aromatic heterocycles. The van der Waals surface area contributed by atoms with Crippen molar-refractivity contribution in [3.8, 4) is 22.0 Å². The van der Waals surface area contributed by atoms with Gasteiger partial charge in [0.05, 0.1) is 17.9 Å². The maximum absolute atomic E-state index is 13.0. The second-order valence-electron chi connectivity index (χ2n) is 6.90. The minimum absolute atomic E-state index is 0.0131. The summed E-state index contributed by atoms with van der Waals surface area (Å²) in [5.41, 5.74) is 1.50. The Morgan fingerprint density at radius 2 is 1.82 bits per heavy atom. The van der Waals surface area contributed by atoms with E-state index in [0.29, 0.717) is 47.0 Å². The molecule has 0 spiro atoms. The van der Waals surface area contributed by atoms with Crippen LogP contribution in [0.2, 0.25) is 0 Å². The zero-order chi connectivity index (χ0) is 19.5. The lowest BCUT2D eigenvalue weighted by Gasteiger charge is -2.26. The van der Waals surface area contributed by atoms with Crippen LogP contribution in [-0.4, -0.2) is 28.0 Å². The van der Waals surface area contributed by atoms with E-state index in [1.165, 1.54) is 11.3 Å². The highest BCUT2D eigenvalue weighted by Crippen LogP contribution is 2.34. The number of benzene rings is 1. The molecule has 1 amide bonds. The molecule has 0 aliphatic heterocycles. The third-order valence-corrected chi connectivity index (χ3v) is 6.09. The number of furan rings is 1. The summed E-state index contributed by atoms with van der Waals surface area (Å²) in [7, 11) is 0. The van der Waals surface area contributed by atoms with Crippen molar-refractivity contribution < 1.29 is 19.1 Å². The molecule has 3 aromatic rings. The van der Waals surface area contributed by atoms with Crippen LogP contribution in [0.25, 0.3) is 22.0 Å². The maximum Gasteiger partial charge on any atom is 0.306 e. The van der Waals surface area contributed by atoms with Gasteiger partial charge in [-0.3, -0.25) is 9.59 Å². The van der Waals surface area contributed by atoms with E-state index in [1.54, 1.807) is 12.3 Å². The quantitative estimate of drug-likeness (QED) is 0.665. The third-order valence-electron chi connectivity index (χ3n) is 5.02. The first-order valence-corrected chi connectivity index (χ1v) is 10.1. The molecule has 1 saturated carbocycles. The van der Waals surface area contributed by atoms with Gasteiger partial charge < -0.3 is 14.8 Å². The van der Waals surface area contributed by atoms with Gasteiger partial charge in [0.25, 0.3) is 5.91 Å². The van der Waals surface area contributed by atoms with Crippen LogP contribution >= 0.6 is 11.3 Å². The highest BCUT2D eigenvalue weighted by molar-refractivity contribution is 7.17. The van der Waals surface area contributed by atoms with E-state index >= 15 is 0 Å². The van der Waals surface area contributed by atoms with Crippen molar-refractivity contribution in [2.45, 2.75) is 31.7 Å². The van der Waals surface area contributed by atoms with Crippen molar-refractivity contribution in [1.82, 2.24) is 10.3 Å². The predicted molar refractivity (Wildman–Crippen MR) is 106 cm³/mol. The average molecular weight is 396 g/mol. The summed E-state index contributed by atoms with van der Waals surface area (Å²) >= 11 is 1.30. The normalized spacial score (nSPS) is 19.3. The zero-order valence-corrected chi connectivity index (χ0v) is 15.9. The fraction of sp³-hybridized carbons (Fsp3) is 0.286. The number of carbonyl (C=O) groups is 2. The van der Waals surface area contributed by atoms with E-state index in [-0.39, 0.29) is 17.9 Å². The molecule has 6 nitrogen and oxygen atoms in total. The van der Waals surface area contributed by atoms with Crippen LogP contribution < -0.4 is 5.32 Å². The lowest BCUT2D eigenvalue weighted by Crippen LogP contribution is -2.38. The number of nitrogens with zero attached hydrogens (tertiary/aromatic N) is 1. The number of hydrogen-bond donors (Lipinski definition) is 2. The molecule has 28 heavy (non-hydrogen) atoms. The molecule has 0 radical (unpaired) electrons. The molecule has 2 heterocycles.